The molecule has 0 spiro atoms. The van der Waals surface area contributed by atoms with Crippen LogP contribution >= 0.6 is 0 Å². The molecular weight excluding hydrogens is 281 g/mol. The number of nitrogens with zero attached hydrogens (tertiary/aromatic N) is 4. The fourth-order valence-corrected chi connectivity index (χ4v) is 2.68. The molecule has 5 nitrogen and oxygen atoms in total. The van der Waals surface area contributed by atoms with Crippen molar-refractivity contribution in [1.82, 2.24) is 9.97 Å². The molecule has 0 saturated carbocycles. The second kappa shape index (κ2) is 6.39. The van der Waals surface area contributed by atoms with Crippen LogP contribution < -0.4 is 10.2 Å². The zero-order valence-corrected chi connectivity index (χ0v) is 12.0. The molecule has 1 aromatic carbocycles. The van der Waals surface area contributed by atoms with Gasteiger partial charge in [0.15, 0.2) is 11.5 Å². The topological polar surface area (TPSA) is 64.8 Å². The lowest BCUT2D eigenvalue weighted by molar-refractivity contribution is 0.620. The number of nitriles is 1. The van der Waals surface area contributed by atoms with E-state index in [-0.39, 0.29) is 5.82 Å². The highest BCUT2D eigenvalue weighted by Crippen LogP contribution is 2.24. The van der Waals surface area contributed by atoms with Gasteiger partial charge in [0, 0.05) is 37.7 Å². The molecule has 3 rings (SSSR count). The molecule has 0 radical (unpaired) electrons. The van der Waals surface area contributed by atoms with Crippen molar-refractivity contribution in [3.05, 3.63) is 48.2 Å². The lowest BCUT2D eigenvalue weighted by atomic mass is 10.1. The lowest BCUT2D eigenvalue weighted by Crippen LogP contribution is -2.22. The van der Waals surface area contributed by atoms with Crippen molar-refractivity contribution >= 4 is 11.5 Å². The van der Waals surface area contributed by atoms with Crippen LogP contribution in [-0.2, 0) is 0 Å². The van der Waals surface area contributed by atoms with Crippen LogP contribution in [0, 0.1) is 23.1 Å². The van der Waals surface area contributed by atoms with Crippen molar-refractivity contribution < 1.29 is 4.39 Å². The summed E-state index contributed by atoms with van der Waals surface area (Å²) in [6.45, 7) is 2.59. The molecular formula is C16H16FN5. The summed E-state index contributed by atoms with van der Waals surface area (Å²) in [5, 5.41) is 12.2. The fraction of sp³-hybridized carbons (Fsp3) is 0.312. The first-order valence-electron chi connectivity index (χ1n) is 7.22. The van der Waals surface area contributed by atoms with Crippen molar-refractivity contribution in [2.24, 2.45) is 5.92 Å². The van der Waals surface area contributed by atoms with Crippen molar-refractivity contribution in [2.45, 2.75) is 6.42 Å². The van der Waals surface area contributed by atoms with Crippen LogP contribution in [0.4, 0.5) is 15.9 Å². The lowest BCUT2D eigenvalue weighted by Gasteiger charge is -2.19. The van der Waals surface area contributed by atoms with E-state index in [0.29, 0.717) is 17.4 Å². The van der Waals surface area contributed by atoms with E-state index >= 15 is 0 Å². The Kier molecular flexibility index (Phi) is 4.15. The highest BCUT2D eigenvalue weighted by atomic mass is 19.1. The van der Waals surface area contributed by atoms with Gasteiger partial charge in [0.25, 0.3) is 0 Å². The van der Waals surface area contributed by atoms with Gasteiger partial charge in [-0.05, 0) is 36.6 Å². The Morgan fingerprint density at radius 2 is 2.05 bits per heavy atom. The standard InChI is InChI=1S/C16H16FN5/c17-13-1-3-14(4-2-13)22-8-5-12(11-22)10-21-16-15(9-18)19-6-7-20-16/h1-4,6-7,12H,5,8,10-11H2,(H,20,21)/t12-/m0/s1. The summed E-state index contributed by atoms with van der Waals surface area (Å²) in [6, 6.07) is 8.61. The van der Waals surface area contributed by atoms with Crippen LogP contribution in [0.1, 0.15) is 12.1 Å². The average Bonchev–Trinajstić information content (AvgIpc) is 3.03. The van der Waals surface area contributed by atoms with Crippen LogP contribution in [0.2, 0.25) is 0 Å². The molecule has 1 aliphatic rings. The van der Waals surface area contributed by atoms with Gasteiger partial charge in [-0.25, -0.2) is 14.4 Å². The normalized spacial score (nSPS) is 17.3. The van der Waals surface area contributed by atoms with E-state index in [1.54, 1.807) is 6.20 Å². The van der Waals surface area contributed by atoms with Crippen molar-refractivity contribution in [3.63, 3.8) is 0 Å². The fourth-order valence-electron chi connectivity index (χ4n) is 2.68. The van der Waals surface area contributed by atoms with E-state index < -0.39 is 0 Å². The number of anilines is 2. The van der Waals surface area contributed by atoms with Gasteiger partial charge in [-0.2, -0.15) is 5.26 Å². The smallest absolute Gasteiger partial charge is 0.182 e. The molecule has 22 heavy (non-hydrogen) atoms. The monoisotopic (exact) mass is 297 g/mol. The van der Waals surface area contributed by atoms with E-state index in [1.807, 2.05) is 18.2 Å². The van der Waals surface area contributed by atoms with E-state index in [2.05, 4.69) is 20.2 Å². The maximum absolute atomic E-state index is 13.0. The predicted octanol–water partition coefficient (Wildman–Crippen LogP) is 2.43. The first kappa shape index (κ1) is 14.3. The number of hydrogen-bond donors (Lipinski definition) is 1. The Labute approximate surface area is 128 Å². The van der Waals surface area contributed by atoms with Crippen LogP contribution in [0.5, 0.6) is 0 Å². The minimum absolute atomic E-state index is 0.215. The van der Waals surface area contributed by atoms with Gasteiger partial charge in [-0.15, -0.1) is 0 Å². The highest BCUT2D eigenvalue weighted by Gasteiger charge is 2.23. The molecule has 1 saturated heterocycles. The van der Waals surface area contributed by atoms with E-state index in [9.17, 15) is 4.39 Å². The van der Waals surface area contributed by atoms with Gasteiger partial charge < -0.3 is 10.2 Å². The van der Waals surface area contributed by atoms with Crippen molar-refractivity contribution in [3.8, 4) is 6.07 Å². The predicted molar refractivity (Wildman–Crippen MR) is 82.0 cm³/mol. The number of nitrogens with one attached hydrogen (secondary N) is 1. The largest absolute Gasteiger partial charge is 0.371 e. The molecule has 2 aromatic rings. The van der Waals surface area contributed by atoms with Crippen molar-refractivity contribution in [1.29, 1.82) is 5.26 Å². The van der Waals surface area contributed by atoms with Gasteiger partial charge >= 0.3 is 0 Å². The first-order valence-corrected chi connectivity index (χ1v) is 7.22. The number of aromatic nitrogens is 2. The van der Waals surface area contributed by atoms with Gasteiger partial charge in [-0.1, -0.05) is 0 Å². The molecule has 1 aliphatic heterocycles. The number of hydrogen-bond acceptors (Lipinski definition) is 5. The third-order valence-electron chi connectivity index (χ3n) is 3.84. The van der Waals surface area contributed by atoms with E-state index in [4.69, 9.17) is 5.26 Å². The van der Waals surface area contributed by atoms with Crippen LogP contribution in [0.15, 0.2) is 36.7 Å². The zero-order chi connectivity index (χ0) is 15.4. The molecule has 6 heteroatoms. The summed E-state index contributed by atoms with van der Waals surface area (Å²) in [5.41, 5.74) is 1.36. The third kappa shape index (κ3) is 3.14. The van der Waals surface area contributed by atoms with Gasteiger partial charge in [-0.3, -0.25) is 0 Å². The van der Waals surface area contributed by atoms with Crippen molar-refractivity contribution in [2.75, 3.05) is 29.9 Å². The number of benzene rings is 1. The van der Waals surface area contributed by atoms with E-state index in [0.717, 1.165) is 31.7 Å². The summed E-state index contributed by atoms with van der Waals surface area (Å²) >= 11 is 0. The second-order valence-corrected chi connectivity index (χ2v) is 5.32. The number of halogens is 1. The van der Waals surface area contributed by atoms with Crippen LogP contribution in [0.3, 0.4) is 0 Å². The Morgan fingerprint density at radius 3 is 2.82 bits per heavy atom. The molecule has 1 atom stereocenters. The number of rotatable bonds is 4. The zero-order valence-electron chi connectivity index (χ0n) is 12.0. The molecule has 0 bridgehead atoms. The quantitative estimate of drug-likeness (QED) is 0.939. The van der Waals surface area contributed by atoms with Crippen LogP contribution in [-0.4, -0.2) is 29.6 Å². The Morgan fingerprint density at radius 1 is 1.27 bits per heavy atom. The molecule has 1 aromatic heterocycles. The van der Waals surface area contributed by atoms with Gasteiger partial charge in [0.2, 0.25) is 0 Å². The Hall–Kier alpha value is -2.68. The summed E-state index contributed by atoms with van der Waals surface area (Å²) in [6.07, 6.45) is 4.13. The van der Waals surface area contributed by atoms with Gasteiger partial charge in [0.05, 0.1) is 0 Å². The second-order valence-electron chi connectivity index (χ2n) is 5.32. The maximum atomic E-state index is 13.0. The molecule has 0 amide bonds. The summed E-state index contributed by atoms with van der Waals surface area (Å²) in [4.78, 5) is 10.4. The minimum atomic E-state index is -0.215. The Bertz CT molecular complexity index is 680. The summed E-state index contributed by atoms with van der Waals surface area (Å²) in [5.74, 6) is 0.775. The third-order valence-corrected chi connectivity index (χ3v) is 3.84. The first-order chi connectivity index (χ1) is 10.8. The maximum Gasteiger partial charge on any atom is 0.182 e. The molecule has 0 unspecified atom stereocenters. The minimum Gasteiger partial charge on any atom is -0.371 e. The summed E-state index contributed by atoms with van der Waals surface area (Å²) in [7, 11) is 0. The molecule has 1 fully saturated rings. The summed E-state index contributed by atoms with van der Waals surface area (Å²) < 4.78 is 13.0. The molecule has 2 heterocycles. The average molecular weight is 297 g/mol. The molecule has 1 N–H and O–H groups in total. The Balaban J connectivity index is 1.57. The molecule has 112 valence electrons. The highest BCUT2D eigenvalue weighted by molar-refractivity contribution is 5.48. The SMILES string of the molecule is N#Cc1nccnc1NC[C@@H]1CCN(c2ccc(F)cc2)C1. The van der Waals surface area contributed by atoms with E-state index in [1.165, 1.54) is 18.3 Å². The molecule has 0 aliphatic carbocycles. The van der Waals surface area contributed by atoms with Gasteiger partial charge in [0.1, 0.15) is 11.9 Å². The van der Waals surface area contributed by atoms with Crippen LogP contribution in [0.25, 0.3) is 0 Å².